The fourth-order valence-electron chi connectivity index (χ4n) is 4.75. The first-order valence-electron chi connectivity index (χ1n) is 12.8. The summed E-state index contributed by atoms with van der Waals surface area (Å²) >= 11 is 1.38. The zero-order valence-electron chi connectivity index (χ0n) is 22.7. The van der Waals surface area contributed by atoms with Crippen LogP contribution in [0, 0.1) is 5.92 Å². The summed E-state index contributed by atoms with van der Waals surface area (Å²) in [7, 11) is 3.04. The van der Waals surface area contributed by atoms with Crippen LogP contribution in [0.3, 0.4) is 0 Å². The lowest BCUT2D eigenvalue weighted by atomic mass is 9.82. The van der Waals surface area contributed by atoms with Crippen molar-refractivity contribution in [3.05, 3.63) is 70.2 Å². The number of thiazole rings is 1. The Morgan fingerprint density at radius 2 is 1.92 bits per heavy atom. The molecule has 2 heterocycles. The number of amides is 2. The normalized spacial score (nSPS) is 15.6. The summed E-state index contributed by atoms with van der Waals surface area (Å²) in [5.41, 5.74) is 3.85. The van der Waals surface area contributed by atoms with E-state index in [1.807, 2.05) is 41.8 Å². The highest BCUT2D eigenvalue weighted by atomic mass is 32.1. The second-order valence-corrected chi connectivity index (χ2v) is 11.1. The van der Waals surface area contributed by atoms with Crippen LogP contribution in [0.4, 0.5) is 15.6 Å². The van der Waals surface area contributed by atoms with E-state index in [1.165, 1.54) is 24.9 Å². The summed E-state index contributed by atoms with van der Waals surface area (Å²) in [6.45, 7) is 8.52. The minimum Gasteiger partial charge on any atom is -0.497 e. The van der Waals surface area contributed by atoms with Crippen LogP contribution < -0.4 is 20.3 Å². The van der Waals surface area contributed by atoms with Crippen molar-refractivity contribution in [2.24, 2.45) is 5.92 Å². The molecule has 1 unspecified atom stereocenters. The van der Waals surface area contributed by atoms with E-state index in [9.17, 15) is 9.59 Å². The number of benzene rings is 2. The molecule has 4 rings (SSSR count). The summed E-state index contributed by atoms with van der Waals surface area (Å²) in [6, 6.07) is 13.3. The largest absolute Gasteiger partial charge is 0.497 e. The molecule has 1 saturated heterocycles. The Kier molecular flexibility index (Phi) is 8.56. The number of carbonyl (C=O) groups excluding carboxylic acids is 2. The van der Waals surface area contributed by atoms with Crippen LogP contribution in [-0.2, 0) is 16.7 Å². The molecule has 1 fully saturated rings. The molecule has 202 valence electrons. The molecule has 2 amide bonds. The van der Waals surface area contributed by atoms with Crippen LogP contribution in [0.25, 0.3) is 0 Å². The third-order valence-electron chi connectivity index (χ3n) is 7.09. The molecule has 9 heteroatoms. The Labute approximate surface area is 228 Å². The molecule has 0 spiro atoms. The van der Waals surface area contributed by atoms with Gasteiger partial charge in [0.1, 0.15) is 5.75 Å². The lowest BCUT2D eigenvalue weighted by Gasteiger charge is -2.34. The first-order valence-corrected chi connectivity index (χ1v) is 13.7. The van der Waals surface area contributed by atoms with Crippen molar-refractivity contribution < 1.29 is 19.1 Å². The van der Waals surface area contributed by atoms with Gasteiger partial charge in [-0.05, 0) is 54.2 Å². The van der Waals surface area contributed by atoms with Crippen molar-refractivity contribution in [2.75, 3.05) is 37.5 Å². The number of hydrogen-bond acceptors (Lipinski definition) is 7. The van der Waals surface area contributed by atoms with E-state index in [1.54, 1.807) is 13.2 Å². The molecule has 1 atom stereocenters. The average molecular weight is 537 g/mol. The van der Waals surface area contributed by atoms with Gasteiger partial charge in [0.15, 0.2) is 5.13 Å². The number of ether oxygens (including phenoxy) is 2. The number of anilines is 2. The fraction of sp³-hybridized carbons (Fsp3) is 0.414. The van der Waals surface area contributed by atoms with Crippen molar-refractivity contribution in [3.8, 4) is 5.75 Å². The van der Waals surface area contributed by atoms with E-state index in [2.05, 4.69) is 41.3 Å². The van der Waals surface area contributed by atoms with Crippen molar-refractivity contribution >= 4 is 34.2 Å². The van der Waals surface area contributed by atoms with Gasteiger partial charge in [0.25, 0.3) is 0 Å². The third kappa shape index (κ3) is 6.27. The van der Waals surface area contributed by atoms with Crippen LogP contribution in [0.1, 0.15) is 60.8 Å². The highest BCUT2D eigenvalue weighted by Gasteiger charge is 2.27. The van der Waals surface area contributed by atoms with E-state index in [4.69, 9.17) is 9.47 Å². The lowest BCUT2D eigenvalue weighted by molar-refractivity contribution is 0.0601. The maximum atomic E-state index is 12.6. The van der Waals surface area contributed by atoms with Gasteiger partial charge in [-0.15, -0.1) is 11.3 Å². The van der Waals surface area contributed by atoms with Gasteiger partial charge in [-0.1, -0.05) is 39.0 Å². The van der Waals surface area contributed by atoms with E-state index in [0.717, 1.165) is 47.8 Å². The van der Waals surface area contributed by atoms with E-state index in [0.29, 0.717) is 16.6 Å². The number of nitrogens with zero attached hydrogens (tertiary/aromatic N) is 2. The van der Waals surface area contributed by atoms with Crippen LogP contribution in [0.15, 0.2) is 47.8 Å². The number of urea groups is 1. The number of piperidine rings is 1. The molecule has 38 heavy (non-hydrogen) atoms. The van der Waals surface area contributed by atoms with Gasteiger partial charge in [0.05, 0.1) is 31.2 Å². The van der Waals surface area contributed by atoms with Gasteiger partial charge in [-0.25, -0.2) is 14.6 Å². The van der Waals surface area contributed by atoms with Crippen molar-refractivity contribution in [3.63, 3.8) is 0 Å². The summed E-state index contributed by atoms with van der Waals surface area (Å²) < 4.78 is 10.3. The number of aromatic nitrogens is 1. The second kappa shape index (κ2) is 11.9. The number of nitrogens with one attached hydrogen (secondary N) is 2. The summed E-state index contributed by atoms with van der Waals surface area (Å²) in [4.78, 5) is 32.1. The van der Waals surface area contributed by atoms with Crippen LogP contribution in [0.2, 0.25) is 0 Å². The van der Waals surface area contributed by atoms with Gasteiger partial charge in [0.2, 0.25) is 0 Å². The molecule has 2 aromatic carbocycles. The van der Waals surface area contributed by atoms with E-state index in [-0.39, 0.29) is 24.0 Å². The lowest BCUT2D eigenvalue weighted by Crippen LogP contribution is -2.35. The predicted molar refractivity (Wildman–Crippen MR) is 151 cm³/mol. The fourth-order valence-corrected chi connectivity index (χ4v) is 5.62. The molecule has 0 radical (unpaired) electrons. The summed E-state index contributed by atoms with van der Waals surface area (Å²) in [6.07, 6.45) is 2.29. The number of carbonyl (C=O) groups is 2. The first-order chi connectivity index (χ1) is 18.2. The van der Waals surface area contributed by atoms with Gasteiger partial charge >= 0.3 is 12.0 Å². The minimum absolute atomic E-state index is 0.266. The Morgan fingerprint density at radius 1 is 1.16 bits per heavy atom. The summed E-state index contributed by atoms with van der Waals surface area (Å²) in [5.74, 6) is 1.00. The quantitative estimate of drug-likeness (QED) is 0.352. The molecule has 0 bridgehead atoms. The molecule has 2 N–H and O–H groups in total. The van der Waals surface area contributed by atoms with Crippen LogP contribution in [0.5, 0.6) is 5.75 Å². The number of methoxy groups -OCH3 is 2. The molecule has 0 saturated carbocycles. The molecule has 1 aromatic heterocycles. The SMILES string of the molecule is COC(=O)c1cc(CNC(=O)Nc2nc(C(C)(C)c3ccc(OC)cc3)cs2)ccc1N1CCCC(C)C1. The smallest absolute Gasteiger partial charge is 0.339 e. The molecule has 3 aromatic rings. The Bertz CT molecular complexity index is 1270. The van der Waals surface area contributed by atoms with Gasteiger partial charge in [-0.2, -0.15) is 0 Å². The van der Waals surface area contributed by atoms with E-state index >= 15 is 0 Å². The zero-order valence-corrected chi connectivity index (χ0v) is 23.5. The van der Waals surface area contributed by atoms with Gasteiger partial charge in [0, 0.05) is 30.4 Å². The average Bonchev–Trinajstić information content (AvgIpc) is 3.40. The molecule has 8 nitrogen and oxygen atoms in total. The Hall–Kier alpha value is -3.59. The van der Waals surface area contributed by atoms with Crippen molar-refractivity contribution in [1.82, 2.24) is 10.3 Å². The van der Waals surface area contributed by atoms with Crippen molar-refractivity contribution in [1.29, 1.82) is 0 Å². The van der Waals surface area contributed by atoms with Crippen LogP contribution in [-0.4, -0.2) is 44.3 Å². The number of esters is 1. The molecular weight excluding hydrogens is 500 g/mol. The number of rotatable bonds is 8. The van der Waals surface area contributed by atoms with Crippen LogP contribution >= 0.6 is 11.3 Å². The Morgan fingerprint density at radius 3 is 2.61 bits per heavy atom. The molecule has 1 aliphatic rings. The second-order valence-electron chi connectivity index (χ2n) is 10.2. The topological polar surface area (TPSA) is 92.8 Å². The monoisotopic (exact) mass is 536 g/mol. The molecular formula is C29H36N4O4S. The standard InChI is InChI=1S/C29H36N4O4S/c1-19-7-6-14-33(17-19)24-13-8-20(15-23(24)26(34)37-5)16-30-27(35)32-28-31-25(18-38-28)29(2,3)21-9-11-22(36-4)12-10-21/h8-13,15,18-19H,6-7,14,16-17H2,1-5H3,(H2,30,31,32,35). The Balaban J connectivity index is 1.39. The maximum Gasteiger partial charge on any atom is 0.339 e. The predicted octanol–water partition coefficient (Wildman–Crippen LogP) is 5.82. The maximum absolute atomic E-state index is 12.6. The van der Waals surface area contributed by atoms with E-state index < -0.39 is 0 Å². The molecule has 0 aliphatic carbocycles. The number of hydrogen-bond donors (Lipinski definition) is 2. The van der Waals surface area contributed by atoms with Gasteiger partial charge < -0.3 is 19.7 Å². The first kappa shape index (κ1) is 27.4. The highest BCUT2D eigenvalue weighted by Crippen LogP contribution is 2.34. The highest BCUT2D eigenvalue weighted by molar-refractivity contribution is 7.13. The summed E-state index contributed by atoms with van der Waals surface area (Å²) in [5, 5.41) is 8.17. The van der Waals surface area contributed by atoms with Gasteiger partial charge in [-0.3, -0.25) is 5.32 Å². The zero-order chi connectivity index (χ0) is 27.3. The van der Waals surface area contributed by atoms with Crippen molar-refractivity contribution in [2.45, 2.75) is 45.6 Å². The third-order valence-corrected chi connectivity index (χ3v) is 7.85. The molecule has 1 aliphatic heterocycles. The minimum atomic E-state index is -0.376.